The van der Waals surface area contributed by atoms with Crippen LogP contribution in [0.25, 0.3) is 0 Å². The van der Waals surface area contributed by atoms with Gasteiger partial charge in [0.05, 0.1) is 12.7 Å². The standard InChI is InChI=1S/C8H8O2.C2H6.CH3F.F2/c1-6-4-2-3-5-7(6)8(9)10;3*1-2/h2-5H,1H3,(H,9,10);1-2H3;1H3;. The van der Waals surface area contributed by atoms with Crippen LogP contribution in [0, 0.1) is 6.92 Å². The number of alkyl halides is 1. The smallest absolute Gasteiger partial charge is 0.335 e. The maximum absolute atomic E-state index is 10.4. The van der Waals surface area contributed by atoms with E-state index in [1.54, 1.807) is 25.1 Å². The Morgan fingerprint density at radius 2 is 1.50 bits per heavy atom. The molecular formula is C11H17F3O2. The number of aromatic carboxylic acids is 1. The lowest BCUT2D eigenvalue weighted by Crippen LogP contribution is -1.97. The first-order valence-electron chi connectivity index (χ1n) is 4.53. The molecule has 1 N–H and O–H groups in total. The number of hydrogen-bond donors (Lipinski definition) is 1. The van der Waals surface area contributed by atoms with Crippen molar-refractivity contribution in [2.75, 3.05) is 7.18 Å². The molecule has 0 saturated carbocycles. The quantitative estimate of drug-likeness (QED) is 0.798. The summed E-state index contributed by atoms with van der Waals surface area (Å²) in [5, 5.41) is 8.57. The van der Waals surface area contributed by atoms with Crippen LogP contribution in [0.1, 0.15) is 29.8 Å². The Morgan fingerprint density at radius 3 is 1.75 bits per heavy atom. The minimum atomic E-state index is -0.863. The first-order chi connectivity index (χ1) is 7.72. The lowest BCUT2D eigenvalue weighted by molar-refractivity contribution is 0.0696. The van der Waals surface area contributed by atoms with E-state index in [4.69, 9.17) is 14.3 Å². The van der Waals surface area contributed by atoms with Crippen molar-refractivity contribution < 1.29 is 23.4 Å². The van der Waals surface area contributed by atoms with Crippen LogP contribution in [0.5, 0.6) is 0 Å². The molecule has 94 valence electrons. The van der Waals surface area contributed by atoms with Crippen LogP contribution in [-0.2, 0) is 0 Å². The first kappa shape index (κ1) is 20.0. The molecule has 0 fully saturated rings. The van der Waals surface area contributed by atoms with E-state index in [9.17, 15) is 9.18 Å². The summed E-state index contributed by atoms with van der Waals surface area (Å²) >= 11 is 0. The molecule has 0 aliphatic rings. The molecule has 1 aromatic carbocycles. The van der Waals surface area contributed by atoms with Crippen LogP contribution in [0.2, 0.25) is 0 Å². The molecule has 0 heterocycles. The van der Waals surface area contributed by atoms with Crippen molar-refractivity contribution in [1.29, 1.82) is 0 Å². The van der Waals surface area contributed by atoms with Gasteiger partial charge in [-0.2, -0.15) is 0 Å². The molecule has 2 nitrogen and oxygen atoms in total. The molecule has 0 spiro atoms. The van der Waals surface area contributed by atoms with Gasteiger partial charge in [0.25, 0.3) is 0 Å². The second-order valence-electron chi connectivity index (χ2n) is 2.12. The predicted molar refractivity (Wildman–Crippen MR) is 58.7 cm³/mol. The largest absolute Gasteiger partial charge is 0.478 e. The fourth-order valence-corrected chi connectivity index (χ4v) is 0.813. The zero-order chi connectivity index (χ0) is 13.6. The lowest BCUT2D eigenvalue weighted by atomic mass is 10.1. The molecule has 0 aliphatic heterocycles. The Kier molecular flexibility index (Phi) is 19.9. The van der Waals surface area contributed by atoms with Crippen LogP contribution in [0.15, 0.2) is 24.3 Å². The molecule has 1 rings (SSSR count). The molecule has 0 amide bonds. The summed E-state index contributed by atoms with van der Waals surface area (Å²) in [6, 6.07) is 6.92. The molecule has 0 aliphatic carbocycles. The number of benzene rings is 1. The number of hydrogen-bond acceptors (Lipinski definition) is 1. The number of carboxylic acids is 1. The number of carbonyl (C=O) groups is 1. The lowest BCUT2D eigenvalue weighted by Gasteiger charge is -1.96. The SMILES string of the molecule is CC.CF.Cc1ccccc1C(=O)O.FF. The maximum atomic E-state index is 10.4. The zero-order valence-electron chi connectivity index (χ0n) is 9.80. The van der Waals surface area contributed by atoms with Gasteiger partial charge in [-0.25, -0.2) is 4.79 Å². The Bertz CT molecular complexity index is 265. The van der Waals surface area contributed by atoms with E-state index < -0.39 is 5.97 Å². The van der Waals surface area contributed by atoms with Crippen molar-refractivity contribution in [2.45, 2.75) is 20.8 Å². The van der Waals surface area contributed by atoms with E-state index in [1.165, 1.54) is 0 Å². The molecular weight excluding hydrogens is 221 g/mol. The van der Waals surface area contributed by atoms with Gasteiger partial charge in [0.15, 0.2) is 0 Å². The highest BCUT2D eigenvalue weighted by atomic mass is 20.0. The second-order valence-corrected chi connectivity index (χ2v) is 2.12. The van der Waals surface area contributed by atoms with Gasteiger partial charge in [0.1, 0.15) is 0 Å². The number of aryl methyl sites for hydroxylation is 1. The fourth-order valence-electron chi connectivity index (χ4n) is 0.813. The summed E-state index contributed by atoms with van der Waals surface area (Å²) < 4.78 is 25.5. The van der Waals surface area contributed by atoms with Gasteiger partial charge in [-0.3, -0.25) is 4.39 Å². The van der Waals surface area contributed by atoms with Crippen molar-refractivity contribution in [3.8, 4) is 0 Å². The van der Waals surface area contributed by atoms with Gasteiger partial charge in [-0.05, 0) is 18.6 Å². The predicted octanol–water partition coefficient (Wildman–Crippen LogP) is 4.15. The van der Waals surface area contributed by atoms with E-state index >= 15 is 0 Å². The van der Waals surface area contributed by atoms with Crippen molar-refractivity contribution >= 4 is 5.97 Å². The molecule has 1 aromatic rings. The highest BCUT2D eigenvalue weighted by Gasteiger charge is 2.02. The number of halogens is 3. The molecule has 0 saturated heterocycles. The van der Waals surface area contributed by atoms with Gasteiger partial charge < -0.3 is 5.11 Å². The second kappa shape index (κ2) is 15.9. The van der Waals surface area contributed by atoms with Crippen molar-refractivity contribution in [1.82, 2.24) is 0 Å². The third-order valence-corrected chi connectivity index (χ3v) is 1.38. The molecule has 0 atom stereocenters. The average Bonchev–Trinajstić information content (AvgIpc) is 2.37. The number of rotatable bonds is 1. The highest BCUT2D eigenvalue weighted by Crippen LogP contribution is 2.05. The van der Waals surface area contributed by atoms with Gasteiger partial charge in [-0.1, -0.05) is 32.0 Å². The normalized spacial score (nSPS) is 6.94. The van der Waals surface area contributed by atoms with Gasteiger partial charge in [-0.15, -0.1) is 0 Å². The fraction of sp³-hybridized carbons (Fsp3) is 0.364. The third-order valence-electron chi connectivity index (χ3n) is 1.38. The van der Waals surface area contributed by atoms with Crippen molar-refractivity contribution in [3.63, 3.8) is 0 Å². The molecule has 0 unspecified atom stereocenters. The van der Waals surface area contributed by atoms with Crippen LogP contribution in [-0.4, -0.2) is 18.3 Å². The minimum Gasteiger partial charge on any atom is -0.478 e. The summed E-state index contributed by atoms with van der Waals surface area (Å²) in [7, 11) is 0.500. The van der Waals surface area contributed by atoms with Crippen LogP contribution in [0.4, 0.5) is 13.5 Å². The molecule has 5 heteroatoms. The van der Waals surface area contributed by atoms with E-state index in [0.717, 1.165) is 5.56 Å². The minimum absolute atomic E-state index is 0.377. The number of carboxylic acid groups (broad SMARTS) is 1. The average molecular weight is 238 g/mol. The van der Waals surface area contributed by atoms with Crippen molar-refractivity contribution in [2.24, 2.45) is 0 Å². The van der Waals surface area contributed by atoms with Gasteiger partial charge >= 0.3 is 5.97 Å². The van der Waals surface area contributed by atoms with Gasteiger partial charge in [0, 0.05) is 9.15 Å². The summed E-state index contributed by atoms with van der Waals surface area (Å²) in [5.41, 5.74) is 1.18. The van der Waals surface area contributed by atoms with E-state index in [-0.39, 0.29) is 0 Å². The van der Waals surface area contributed by atoms with Crippen LogP contribution in [0.3, 0.4) is 0 Å². The molecule has 16 heavy (non-hydrogen) atoms. The third kappa shape index (κ3) is 9.05. The summed E-state index contributed by atoms with van der Waals surface area (Å²) in [5.74, 6) is -0.863. The maximum Gasteiger partial charge on any atom is 0.335 e. The topological polar surface area (TPSA) is 37.3 Å². The highest BCUT2D eigenvalue weighted by molar-refractivity contribution is 5.89. The van der Waals surface area contributed by atoms with Crippen LogP contribution >= 0.6 is 0 Å². The van der Waals surface area contributed by atoms with Crippen molar-refractivity contribution in [3.05, 3.63) is 35.4 Å². The van der Waals surface area contributed by atoms with E-state index in [1.807, 2.05) is 19.9 Å². The Morgan fingerprint density at radius 1 is 1.12 bits per heavy atom. The van der Waals surface area contributed by atoms with E-state index in [2.05, 4.69) is 0 Å². The monoisotopic (exact) mass is 238 g/mol. The summed E-state index contributed by atoms with van der Waals surface area (Å²) in [4.78, 5) is 10.4. The summed E-state index contributed by atoms with van der Waals surface area (Å²) in [6.45, 7) is 5.78. The first-order valence-corrected chi connectivity index (χ1v) is 4.53. The Labute approximate surface area is 93.6 Å². The summed E-state index contributed by atoms with van der Waals surface area (Å²) in [6.07, 6.45) is 0. The molecule has 0 aromatic heterocycles. The van der Waals surface area contributed by atoms with E-state index in [0.29, 0.717) is 12.7 Å². The Hall–Kier alpha value is -1.52. The zero-order valence-corrected chi connectivity index (χ0v) is 9.80. The molecule has 0 radical (unpaired) electrons. The van der Waals surface area contributed by atoms with Crippen LogP contribution < -0.4 is 0 Å². The molecule has 0 bridgehead atoms. The van der Waals surface area contributed by atoms with Gasteiger partial charge in [0.2, 0.25) is 0 Å². The Balaban J connectivity index is -0.000000245.